The zero-order chi connectivity index (χ0) is 14.4. The minimum atomic E-state index is -0.162. The van der Waals surface area contributed by atoms with E-state index in [1.54, 1.807) is 7.11 Å². The van der Waals surface area contributed by atoms with Crippen molar-refractivity contribution in [3.63, 3.8) is 0 Å². The van der Waals surface area contributed by atoms with Crippen LogP contribution in [-0.4, -0.2) is 18.8 Å². The highest BCUT2D eigenvalue weighted by Gasteiger charge is 2.10. The van der Waals surface area contributed by atoms with Crippen molar-refractivity contribution in [2.24, 2.45) is 0 Å². The summed E-state index contributed by atoms with van der Waals surface area (Å²) in [5.41, 5.74) is 3.01. The Kier molecular flexibility index (Phi) is 5.41. The maximum atomic E-state index is 9.56. The van der Waals surface area contributed by atoms with E-state index in [-0.39, 0.29) is 12.6 Å². The number of aliphatic hydroxyl groups is 1. The van der Waals surface area contributed by atoms with Crippen molar-refractivity contribution in [2.75, 3.05) is 19.0 Å². The lowest BCUT2D eigenvalue weighted by molar-refractivity contribution is 0.185. The number of methoxy groups -OCH3 is 1. The minimum absolute atomic E-state index is 0.0101. The lowest BCUT2D eigenvalue weighted by Crippen LogP contribution is -2.14. The third kappa shape index (κ3) is 3.97. The Morgan fingerprint density at radius 3 is 2.55 bits per heavy atom. The van der Waals surface area contributed by atoms with Crippen molar-refractivity contribution < 1.29 is 9.84 Å². The largest absolute Gasteiger partial charge is 0.394 e. The number of nitrogens with one attached hydrogen (secondary N) is 1. The Morgan fingerprint density at radius 1 is 1.20 bits per heavy atom. The van der Waals surface area contributed by atoms with Crippen molar-refractivity contribution in [3.8, 4) is 0 Å². The van der Waals surface area contributed by atoms with Gasteiger partial charge >= 0.3 is 0 Å². The van der Waals surface area contributed by atoms with E-state index in [0.717, 1.165) is 16.8 Å². The minimum Gasteiger partial charge on any atom is -0.394 e. The molecule has 106 valence electrons. The van der Waals surface area contributed by atoms with Crippen LogP contribution in [-0.2, 0) is 11.3 Å². The van der Waals surface area contributed by atoms with Gasteiger partial charge in [0.1, 0.15) is 0 Å². The molecule has 0 spiro atoms. The summed E-state index contributed by atoms with van der Waals surface area (Å²) < 4.78 is 5.08. The second kappa shape index (κ2) is 7.29. The molecule has 1 unspecified atom stereocenters. The van der Waals surface area contributed by atoms with Crippen LogP contribution in [0.2, 0.25) is 5.02 Å². The van der Waals surface area contributed by atoms with E-state index in [4.69, 9.17) is 16.3 Å². The van der Waals surface area contributed by atoms with Gasteiger partial charge in [0.15, 0.2) is 0 Å². The summed E-state index contributed by atoms with van der Waals surface area (Å²) in [6.45, 7) is 0.599. The van der Waals surface area contributed by atoms with Gasteiger partial charge in [-0.25, -0.2) is 0 Å². The number of halogens is 1. The molecule has 0 saturated heterocycles. The van der Waals surface area contributed by atoms with Crippen LogP contribution in [0.15, 0.2) is 48.5 Å². The molecule has 0 saturated carbocycles. The fourth-order valence-corrected chi connectivity index (χ4v) is 2.22. The van der Waals surface area contributed by atoms with Crippen LogP contribution in [0.25, 0.3) is 0 Å². The number of aliphatic hydroxyl groups excluding tert-OH is 1. The van der Waals surface area contributed by atoms with Gasteiger partial charge in [-0.1, -0.05) is 41.9 Å². The molecule has 0 aliphatic heterocycles. The normalized spacial score (nSPS) is 12.2. The SMILES string of the molecule is COCc1ccc(C(CO)Nc2cccc(Cl)c2)cc1. The van der Waals surface area contributed by atoms with Gasteiger partial charge in [-0.15, -0.1) is 0 Å². The van der Waals surface area contributed by atoms with E-state index in [0.29, 0.717) is 11.6 Å². The molecule has 0 aromatic heterocycles. The summed E-state index contributed by atoms with van der Waals surface area (Å²) in [6.07, 6.45) is 0. The number of hydrogen-bond donors (Lipinski definition) is 2. The third-order valence-corrected chi connectivity index (χ3v) is 3.28. The second-order valence-corrected chi connectivity index (χ2v) is 5.00. The van der Waals surface area contributed by atoms with E-state index in [1.165, 1.54) is 0 Å². The van der Waals surface area contributed by atoms with Gasteiger partial charge in [0.2, 0.25) is 0 Å². The predicted molar refractivity (Wildman–Crippen MR) is 82.1 cm³/mol. The highest BCUT2D eigenvalue weighted by Crippen LogP contribution is 2.22. The zero-order valence-electron chi connectivity index (χ0n) is 11.3. The fraction of sp³-hybridized carbons (Fsp3) is 0.250. The summed E-state index contributed by atoms with van der Waals surface area (Å²) in [5.74, 6) is 0. The first kappa shape index (κ1) is 14.9. The van der Waals surface area contributed by atoms with Crippen LogP contribution in [0.4, 0.5) is 5.69 Å². The van der Waals surface area contributed by atoms with Crippen molar-refractivity contribution in [1.29, 1.82) is 0 Å². The van der Waals surface area contributed by atoms with Gasteiger partial charge in [-0.3, -0.25) is 0 Å². The average molecular weight is 292 g/mol. The summed E-state index contributed by atoms with van der Waals surface area (Å²) in [7, 11) is 1.67. The first-order valence-corrected chi connectivity index (χ1v) is 6.81. The summed E-state index contributed by atoms with van der Waals surface area (Å²) in [6, 6.07) is 15.3. The number of ether oxygens (including phenoxy) is 1. The number of benzene rings is 2. The first-order valence-electron chi connectivity index (χ1n) is 6.43. The Hall–Kier alpha value is -1.55. The third-order valence-electron chi connectivity index (χ3n) is 3.04. The van der Waals surface area contributed by atoms with Crippen LogP contribution >= 0.6 is 11.6 Å². The fourth-order valence-electron chi connectivity index (χ4n) is 2.03. The van der Waals surface area contributed by atoms with Crippen molar-refractivity contribution in [2.45, 2.75) is 12.6 Å². The van der Waals surface area contributed by atoms with Crippen LogP contribution in [0, 0.1) is 0 Å². The second-order valence-electron chi connectivity index (χ2n) is 4.56. The topological polar surface area (TPSA) is 41.5 Å². The van der Waals surface area contributed by atoms with Crippen molar-refractivity contribution >= 4 is 17.3 Å². The predicted octanol–water partition coefficient (Wildman–Crippen LogP) is 3.63. The Balaban J connectivity index is 2.11. The van der Waals surface area contributed by atoms with E-state index in [1.807, 2.05) is 48.5 Å². The maximum Gasteiger partial charge on any atom is 0.0745 e. The standard InChI is InChI=1S/C16H18ClNO2/c1-20-11-12-5-7-13(8-6-12)16(10-19)18-15-4-2-3-14(17)9-15/h2-9,16,18-19H,10-11H2,1H3. The van der Waals surface area contributed by atoms with Gasteiger partial charge < -0.3 is 15.2 Å². The van der Waals surface area contributed by atoms with E-state index < -0.39 is 0 Å². The quantitative estimate of drug-likeness (QED) is 0.854. The van der Waals surface area contributed by atoms with E-state index in [9.17, 15) is 5.11 Å². The zero-order valence-corrected chi connectivity index (χ0v) is 12.1. The van der Waals surface area contributed by atoms with E-state index >= 15 is 0 Å². The highest BCUT2D eigenvalue weighted by molar-refractivity contribution is 6.30. The average Bonchev–Trinajstić information content (AvgIpc) is 2.46. The Labute approximate surface area is 124 Å². The summed E-state index contributed by atoms with van der Waals surface area (Å²) in [4.78, 5) is 0. The first-order chi connectivity index (χ1) is 9.72. The van der Waals surface area contributed by atoms with Crippen molar-refractivity contribution in [1.82, 2.24) is 0 Å². The molecule has 2 N–H and O–H groups in total. The van der Waals surface area contributed by atoms with Crippen LogP contribution in [0.5, 0.6) is 0 Å². The molecule has 0 radical (unpaired) electrons. The molecular weight excluding hydrogens is 274 g/mol. The molecular formula is C16H18ClNO2. The number of anilines is 1. The molecule has 20 heavy (non-hydrogen) atoms. The molecule has 1 atom stereocenters. The monoisotopic (exact) mass is 291 g/mol. The lowest BCUT2D eigenvalue weighted by Gasteiger charge is -2.18. The molecule has 0 fully saturated rings. The highest BCUT2D eigenvalue weighted by atomic mass is 35.5. The van der Waals surface area contributed by atoms with Gasteiger partial charge in [-0.2, -0.15) is 0 Å². The van der Waals surface area contributed by atoms with E-state index in [2.05, 4.69) is 5.32 Å². The van der Waals surface area contributed by atoms with Crippen LogP contribution in [0.3, 0.4) is 0 Å². The lowest BCUT2D eigenvalue weighted by atomic mass is 10.1. The molecule has 4 heteroatoms. The molecule has 2 aromatic carbocycles. The Bertz CT molecular complexity index is 542. The molecule has 2 rings (SSSR count). The summed E-state index contributed by atoms with van der Waals surface area (Å²) >= 11 is 5.96. The van der Waals surface area contributed by atoms with Gasteiger partial charge in [-0.05, 0) is 29.3 Å². The van der Waals surface area contributed by atoms with Gasteiger partial charge in [0.25, 0.3) is 0 Å². The van der Waals surface area contributed by atoms with Gasteiger partial charge in [0.05, 0.1) is 19.3 Å². The maximum absolute atomic E-state index is 9.56. The van der Waals surface area contributed by atoms with Crippen LogP contribution in [0.1, 0.15) is 17.2 Å². The molecule has 0 heterocycles. The molecule has 3 nitrogen and oxygen atoms in total. The summed E-state index contributed by atoms with van der Waals surface area (Å²) in [5, 5.41) is 13.5. The van der Waals surface area contributed by atoms with Gasteiger partial charge in [0, 0.05) is 17.8 Å². The van der Waals surface area contributed by atoms with Crippen LogP contribution < -0.4 is 5.32 Å². The van der Waals surface area contributed by atoms with Crippen molar-refractivity contribution in [3.05, 3.63) is 64.7 Å². The smallest absolute Gasteiger partial charge is 0.0745 e. The Morgan fingerprint density at radius 2 is 1.95 bits per heavy atom. The molecule has 0 bridgehead atoms. The number of hydrogen-bond acceptors (Lipinski definition) is 3. The number of rotatable bonds is 6. The molecule has 0 amide bonds. The molecule has 0 aliphatic rings. The molecule has 0 aliphatic carbocycles. The molecule has 2 aromatic rings.